The van der Waals surface area contributed by atoms with Crippen LogP contribution >= 0.6 is 0 Å². The predicted molar refractivity (Wildman–Crippen MR) is 167 cm³/mol. The van der Waals surface area contributed by atoms with Gasteiger partial charge in [0.25, 0.3) is 10.0 Å². The van der Waals surface area contributed by atoms with E-state index in [0.29, 0.717) is 25.3 Å². The first-order valence-electron chi connectivity index (χ1n) is 14.6. The maximum atomic E-state index is 14.2. The Balaban J connectivity index is 2.08. The molecule has 8 nitrogen and oxygen atoms in total. The van der Waals surface area contributed by atoms with E-state index in [1.807, 2.05) is 58.9 Å². The molecule has 9 heteroatoms. The molecule has 3 rings (SSSR count). The van der Waals surface area contributed by atoms with Crippen LogP contribution in [-0.2, 0) is 26.2 Å². The van der Waals surface area contributed by atoms with Crippen molar-refractivity contribution in [2.45, 2.75) is 71.4 Å². The van der Waals surface area contributed by atoms with E-state index < -0.39 is 28.5 Å². The molecule has 42 heavy (non-hydrogen) atoms. The Morgan fingerprint density at radius 1 is 0.881 bits per heavy atom. The van der Waals surface area contributed by atoms with Crippen molar-refractivity contribution in [1.29, 1.82) is 0 Å². The smallest absolute Gasteiger partial charge is 0.264 e. The lowest BCUT2D eigenvalue weighted by atomic mass is 10.1. The molecule has 0 fully saturated rings. The van der Waals surface area contributed by atoms with Crippen LogP contribution < -0.4 is 14.4 Å². The quantitative estimate of drug-likeness (QED) is 0.231. The number of amides is 2. The molecule has 1 atom stereocenters. The minimum Gasteiger partial charge on any atom is -0.492 e. The summed E-state index contributed by atoms with van der Waals surface area (Å²) in [6.45, 7) is 10.0. The highest BCUT2D eigenvalue weighted by atomic mass is 32.2. The molecule has 3 aromatic carbocycles. The summed E-state index contributed by atoms with van der Waals surface area (Å²) in [7, 11) is -4.18. The van der Waals surface area contributed by atoms with Gasteiger partial charge in [0.15, 0.2) is 0 Å². The number of aryl methyl sites for hydroxylation is 2. The molecule has 0 aliphatic carbocycles. The van der Waals surface area contributed by atoms with Crippen molar-refractivity contribution in [2.24, 2.45) is 0 Å². The average Bonchev–Trinajstić information content (AvgIpc) is 2.97. The number of rotatable bonds is 15. The topological polar surface area (TPSA) is 96.0 Å². The van der Waals surface area contributed by atoms with Gasteiger partial charge in [0, 0.05) is 13.1 Å². The maximum absolute atomic E-state index is 14.2. The van der Waals surface area contributed by atoms with Crippen molar-refractivity contribution in [3.05, 3.63) is 89.5 Å². The van der Waals surface area contributed by atoms with E-state index in [2.05, 4.69) is 5.32 Å². The molecule has 0 heterocycles. The first-order chi connectivity index (χ1) is 20.1. The van der Waals surface area contributed by atoms with E-state index in [0.717, 1.165) is 33.8 Å². The van der Waals surface area contributed by atoms with Gasteiger partial charge in [-0.2, -0.15) is 0 Å². The highest BCUT2D eigenvalue weighted by molar-refractivity contribution is 7.92. The summed E-state index contributed by atoms with van der Waals surface area (Å²) in [6.07, 6.45) is 2.12. The van der Waals surface area contributed by atoms with Gasteiger partial charge < -0.3 is 15.0 Å². The molecule has 0 aliphatic rings. The first-order valence-corrected chi connectivity index (χ1v) is 16.0. The van der Waals surface area contributed by atoms with Gasteiger partial charge in [0.1, 0.15) is 18.3 Å². The number of hydrogen-bond donors (Lipinski definition) is 1. The van der Waals surface area contributed by atoms with Crippen molar-refractivity contribution in [3.8, 4) is 5.75 Å². The zero-order valence-corrected chi connectivity index (χ0v) is 26.1. The van der Waals surface area contributed by atoms with Crippen molar-refractivity contribution >= 4 is 27.5 Å². The van der Waals surface area contributed by atoms with E-state index in [9.17, 15) is 18.0 Å². The van der Waals surface area contributed by atoms with Gasteiger partial charge in [-0.1, -0.05) is 79.9 Å². The van der Waals surface area contributed by atoms with Gasteiger partial charge in [0.2, 0.25) is 11.8 Å². The lowest BCUT2D eigenvalue weighted by Gasteiger charge is -2.33. The molecule has 0 aliphatic heterocycles. The standard InChI is InChI=1S/C33H43N3O5S/c1-6-9-22-34-33(38)29(7-2)35(23-27-18-14-25(4)15-19-27)32(37)24-36(30-12-10-11-13-31(30)41-8-3)42(39,40)28-20-16-26(5)17-21-28/h10-21,29H,6-9,22-24H2,1-5H3,(H,34,38)/t29-/m1/s1. The van der Waals surface area contributed by atoms with E-state index in [-0.39, 0.29) is 23.0 Å². The number of sulfonamides is 1. The van der Waals surface area contributed by atoms with E-state index >= 15 is 0 Å². The Bertz CT molecular complexity index is 1420. The normalized spacial score (nSPS) is 11.9. The number of benzene rings is 3. The molecule has 2 amide bonds. The van der Waals surface area contributed by atoms with Crippen LogP contribution in [0.15, 0.2) is 77.7 Å². The Hall–Kier alpha value is -3.85. The molecular formula is C33H43N3O5S. The van der Waals surface area contributed by atoms with Crippen molar-refractivity contribution in [1.82, 2.24) is 10.2 Å². The molecule has 3 aromatic rings. The van der Waals surface area contributed by atoms with E-state index in [1.54, 1.807) is 36.4 Å². The fourth-order valence-corrected chi connectivity index (χ4v) is 6.03. The Morgan fingerprint density at radius 2 is 1.50 bits per heavy atom. The van der Waals surface area contributed by atoms with Gasteiger partial charge in [-0.3, -0.25) is 13.9 Å². The molecule has 0 radical (unpaired) electrons. The fraction of sp³-hybridized carbons (Fsp3) is 0.394. The largest absolute Gasteiger partial charge is 0.492 e. The van der Waals surface area contributed by atoms with Crippen LogP contribution in [0.3, 0.4) is 0 Å². The van der Waals surface area contributed by atoms with Gasteiger partial charge >= 0.3 is 0 Å². The zero-order chi connectivity index (χ0) is 30.7. The van der Waals surface area contributed by atoms with Crippen LogP contribution in [0.1, 0.15) is 56.7 Å². The Labute approximate surface area is 250 Å². The number of ether oxygens (including phenoxy) is 1. The number of nitrogens with zero attached hydrogens (tertiary/aromatic N) is 2. The number of carbonyl (C=O) groups excluding carboxylic acids is 2. The van der Waals surface area contributed by atoms with Crippen molar-refractivity contribution in [3.63, 3.8) is 0 Å². The second kappa shape index (κ2) is 15.4. The third kappa shape index (κ3) is 8.35. The number of carbonyl (C=O) groups is 2. The highest BCUT2D eigenvalue weighted by Gasteiger charge is 2.34. The molecule has 0 bridgehead atoms. The number of nitrogens with one attached hydrogen (secondary N) is 1. The lowest BCUT2D eigenvalue weighted by molar-refractivity contribution is -0.140. The summed E-state index contributed by atoms with van der Waals surface area (Å²) in [5.41, 5.74) is 3.08. The third-order valence-electron chi connectivity index (χ3n) is 7.01. The zero-order valence-electron chi connectivity index (χ0n) is 25.3. The lowest BCUT2D eigenvalue weighted by Crippen LogP contribution is -2.52. The summed E-state index contributed by atoms with van der Waals surface area (Å²) in [4.78, 5) is 29.1. The number of hydrogen-bond acceptors (Lipinski definition) is 5. The van der Waals surface area contributed by atoms with Gasteiger partial charge in [0.05, 0.1) is 17.2 Å². The van der Waals surface area contributed by atoms with Crippen LogP contribution in [0.2, 0.25) is 0 Å². The molecule has 0 saturated carbocycles. The summed E-state index contributed by atoms with van der Waals surface area (Å²) in [6, 6.07) is 20.2. The minimum absolute atomic E-state index is 0.0571. The summed E-state index contributed by atoms with van der Waals surface area (Å²) in [5.74, 6) is -0.401. The number of para-hydroxylation sites is 2. The van der Waals surface area contributed by atoms with Gasteiger partial charge in [-0.05, 0) is 63.4 Å². The molecule has 1 N–H and O–H groups in total. The Kier molecular flexibility index (Phi) is 12.0. The van der Waals surface area contributed by atoms with E-state index in [4.69, 9.17) is 4.74 Å². The average molecular weight is 594 g/mol. The number of anilines is 1. The minimum atomic E-state index is -4.18. The van der Waals surface area contributed by atoms with Gasteiger partial charge in [-0.25, -0.2) is 8.42 Å². The van der Waals surface area contributed by atoms with Gasteiger partial charge in [-0.15, -0.1) is 0 Å². The summed E-state index contributed by atoms with van der Waals surface area (Å²) >= 11 is 0. The first kappa shape index (κ1) is 32.7. The van der Waals surface area contributed by atoms with Crippen LogP contribution in [-0.4, -0.2) is 50.9 Å². The third-order valence-corrected chi connectivity index (χ3v) is 8.78. The monoisotopic (exact) mass is 593 g/mol. The fourth-order valence-electron chi connectivity index (χ4n) is 4.61. The second-order valence-corrected chi connectivity index (χ2v) is 12.2. The van der Waals surface area contributed by atoms with Crippen LogP contribution in [0.5, 0.6) is 5.75 Å². The second-order valence-electron chi connectivity index (χ2n) is 10.3. The van der Waals surface area contributed by atoms with Crippen molar-refractivity contribution < 1.29 is 22.7 Å². The predicted octanol–water partition coefficient (Wildman–Crippen LogP) is 5.62. The number of unbranched alkanes of at least 4 members (excludes halogenated alkanes) is 1. The molecular weight excluding hydrogens is 550 g/mol. The molecule has 0 spiro atoms. The molecule has 0 saturated heterocycles. The van der Waals surface area contributed by atoms with Crippen LogP contribution in [0, 0.1) is 13.8 Å². The summed E-state index contributed by atoms with van der Waals surface area (Å²) < 4.78 is 35.1. The SMILES string of the molecule is CCCCNC(=O)[C@@H](CC)N(Cc1ccc(C)cc1)C(=O)CN(c1ccccc1OCC)S(=O)(=O)c1ccc(C)cc1. The highest BCUT2D eigenvalue weighted by Crippen LogP contribution is 2.33. The van der Waals surface area contributed by atoms with Crippen molar-refractivity contribution in [2.75, 3.05) is 24.0 Å². The Morgan fingerprint density at radius 3 is 2.10 bits per heavy atom. The molecule has 0 aromatic heterocycles. The molecule has 0 unspecified atom stereocenters. The van der Waals surface area contributed by atoms with Crippen LogP contribution in [0.4, 0.5) is 5.69 Å². The van der Waals surface area contributed by atoms with Crippen LogP contribution in [0.25, 0.3) is 0 Å². The molecule has 226 valence electrons. The maximum Gasteiger partial charge on any atom is 0.264 e. The van der Waals surface area contributed by atoms with E-state index in [1.165, 1.54) is 17.0 Å². The summed E-state index contributed by atoms with van der Waals surface area (Å²) in [5, 5.41) is 2.95.